The van der Waals surface area contributed by atoms with Gasteiger partial charge >= 0.3 is 5.97 Å². The van der Waals surface area contributed by atoms with E-state index in [-0.39, 0.29) is 12.3 Å². The van der Waals surface area contributed by atoms with Gasteiger partial charge in [-0.1, -0.05) is 11.6 Å². The monoisotopic (exact) mass is 375 g/mol. The molecule has 0 fully saturated rings. The molecular formula is C14H18INO3. The summed E-state index contributed by atoms with van der Waals surface area (Å²) in [6, 6.07) is 5.69. The maximum absolute atomic E-state index is 12.2. The number of amides is 1. The van der Waals surface area contributed by atoms with Crippen molar-refractivity contribution in [1.82, 2.24) is 5.32 Å². The van der Waals surface area contributed by atoms with Crippen molar-refractivity contribution in [2.45, 2.75) is 39.2 Å². The molecular weight excluding hydrogens is 357 g/mol. The molecule has 0 spiro atoms. The Morgan fingerprint density at radius 2 is 2.00 bits per heavy atom. The van der Waals surface area contributed by atoms with Crippen LogP contribution in [0.2, 0.25) is 0 Å². The summed E-state index contributed by atoms with van der Waals surface area (Å²) in [4.78, 5) is 22.8. The molecule has 1 aromatic carbocycles. The molecule has 104 valence electrons. The van der Waals surface area contributed by atoms with Crippen LogP contribution >= 0.6 is 22.6 Å². The molecule has 1 amide bonds. The largest absolute Gasteiger partial charge is 0.481 e. The van der Waals surface area contributed by atoms with Gasteiger partial charge in [0.1, 0.15) is 0 Å². The van der Waals surface area contributed by atoms with E-state index in [4.69, 9.17) is 5.11 Å². The first kappa shape index (κ1) is 15.9. The van der Waals surface area contributed by atoms with Crippen molar-refractivity contribution in [2.75, 3.05) is 0 Å². The summed E-state index contributed by atoms with van der Waals surface area (Å²) in [5.74, 6) is -1.02. The van der Waals surface area contributed by atoms with Crippen LogP contribution in [0.15, 0.2) is 18.2 Å². The second-order valence-electron chi connectivity index (χ2n) is 5.22. The van der Waals surface area contributed by atoms with Crippen molar-refractivity contribution in [3.05, 3.63) is 32.9 Å². The zero-order valence-electron chi connectivity index (χ0n) is 11.3. The van der Waals surface area contributed by atoms with Gasteiger partial charge in [0.2, 0.25) is 0 Å². The Kier molecular flexibility index (Phi) is 5.34. The molecule has 0 saturated heterocycles. The molecule has 0 aliphatic heterocycles. The van der Waals surface area contributed by atoms with Crippen LogP contribution in [0, 0.1) is 10.5 Å². The van der Waals surface area contributed by atoms with Gasteiger partial charge in [0.15, 0.2) is 0 Å². The standard InChI is InChI=1S/C14H18INO3/c1-9-4-5-11(15)10(8-9)13(19)16-14(2,3)7-6-12(17)18/h4-5,8H,6-7H2,1-3H3,(H,16,19)(H,17,18). The molecule has 0 radical (unpaired) electrons. The van der Waals surface area contributed by atoms with Crippen molar-refractivity contribution < 1.29 is 14.7 Å². The molecule has 0 aromatic heterocycles. The molecule has 0 saturated carbocycles. The maximum atomic E-state index is 12.2. The topological polar surface area (TPSA) is 66.4 Å². The molecule has 2 N–H and O–H groups in total. The average molecular weight is 375 g/mol. The van der Waals surface area contributed by atoms with Gasteiger partial charge in [0.05, 0.1) is 5.56 Å². The Hall–Kier alpha value is -1.11. The summed E-state index contributed by atoms with van der Waals surface area (Å²) < 4.78 is 0.884. The number of rotatable bonds is 5. The lowest BCUT2D eigenvalue weighted by molar-refractivity contribution is -0.137. The summed E-state index contributed by atoms with van der Waals surface area (Å²) in [6.07, 6.45) is 0.439. The molecule has 5 heteroatoms. The van der Waals surface area contributed by atoms with E-state index in [1.54, 1.807) is 0 Å². The zero-order chi connectivity index (χ0) is 14.6. The highest BCUT2D eigenvalue weighted by atomic mass is 127. The minimum absolute atomic E-state index is 0.0399. The number of hydrogen-bond acceptors (Lipinski definition) is 2. The Balaban J connectivity index is 2.78. The Labute approximate surface area is 126 Å². The van der Waals surface area contributed by atoms with Gasteiger partial charge in [-0.05, 0) is 61.9 Å². The number of aryl methyl sites for hydroxylation is 1. The minimum Gasteiger partial charge on any atom is -0.481 e. The van der Waals surface area contributed by atoms with Crippen molar-refractivity contribution in [3.63, 3.8) is 0 Å². The normalized spacial score (nSPS) is 11.2. The Bertz CT molecular complexity index is 497. The lowest BCUT2D eigenvalue weighted by atomic mass is 9.97. The first-order chi connectivity index (χ1) is 8.71. The molecule has 0 unspecified atom stereocenters. The Morgan fingerprint density at radius 1 is 1.37 bits per heavy atom. The highest BCUT2D eigenvalue weighted by Crippen LogP contribution is 2.17. The van der Waals surface area contributed by atoms with Crippen LogP contribution in [0.4, 0.5) is 0 Å². The third-order valence-electron chi connectivity index (χ3n) is 2.78. The molecule has 0 heterocycles. The summed E-state index contributed by atoms with van der Waals surface area (Å²) in [5, 5.41) is 11.6. The molecule has 1 rings (SSSR count). The number of carboxylic acids is 1. The third-order valence-corrected chi connectivity index (χ3v) is 3.72. The van der Waals surface area contributed by atoms with Gasteiger partial charge in [-0.25, -0.2) is 0 Å². The van der Waals surface area contributed by atoms with Crippen molar-refractivity contribution >= 4 is 34.5 Å². The number of aliphatic carboxylic acids is 1. The number of benzene rings is 1. The number of halogens is 1. The first-order valence-electron chi connectivity index (χ1n) is 6.02. The number of carbonyl (C=O) groups excluding carboxylic acids is 1. The molecule has 19 heavy (non-hydrogen) atoms. The molecule has 0 bridgehead atoms. The van der Waals surface area contributed by atoms with Crippen molar-refractivity contribution in [3.8, 4) is 0 Å². The zero-order valence-corrected chi connectivity index (χ0v) is 13.4. The van der Waals surface area contributed by atoms with E-state index in [0.29, 0.717) is 12.0 Å². The predicted molar refractivity (Wildman–Crippen MR) is 82.3 cm³/mol. The van der Waals surface area contributed by atoms with Crippen LogP contribution in [-0.2, 0) is 4.79 Å². The fraction of sp³-hybridized carbons (Fsp3) is 0.429. The molecule has 0 aliphatic carbocycles. The number of hydrogen-bond donors (Lipinski definition) is 2. The van der Waals surface area contributed by atoms with E-state index in [0.717, 1.165) is 9.13 Å². The molecule has 0 aliphatic rings. The van der Waals surface area contributed by atoms with Crippen LogP contribution in [0.3, 0.4) is 0 Å². The first-order valence-corrected chi connectivity index (χ1v) is 7.09. The maximum Gasteiger partial charge on any atom is 0.303 e. The fourth-order valence-electron chi connectivity index (χ4n) is 1.67. The lowest BCUT2D eigenvalue weighted by Crippen LogP contribution is -2.44. The van der Waals surface area contributed by atoms with Gasteiger partial charge in [-0.3, -0.25) is 9.59 Å². The van der Waals surface area contributed by atoms with E-state index in [9.17, 15) is 9.59 Å². The quantitative estimate of drug-likeness (QED) is 0.778. The van der Waals surface area contributed by atoms with E-state index >= 15 is 0 Å². The third kappa shape index (κ3) is 5.18. The number of carboxylic acid groups (broad SMARTS) is 1. The average Bonchev–Trinajstić information content (AvgIpc) is 2.29. The molecule has 1 aromatic rings. The highest BCUT2D eigenvalue weighted by molar-refractivity contribution is 14.1. The molecule has 0 atom stereocenters. The van der Waals surface area contributed by atoms with Crippen LogP contribution in [0.1, 0.15) is 42.6 Å². The highest BCUT2D eigenvalue weighted by Gasteiger charge is 2.23. The van der Waals surface area contributed by atoms with Crippen LogP contribution in [-0.4, -0.2) is 22.5 Å². The van der Waals surface area contributed by atoms with E-state index in [1.165, 1.54) is 0 Å². The second-order valence-corrected chi connectivity index (χ2v) is 6.38. The summed E-state index contributed by atoms with van der Waals surface area (Å²) in [5.41, 5.74) is 1.11. The van der Waals surface area contributed by atoms with Gasteiger partial charge in [-0.15, -0.1) is 0 Å². The van der Waals surface area contributed by atoms with Crippen molar-refractivity contribution in [1.29, 1.82) is 0 Å². The number of carbonyl (C=O) groups is 2. The second kappa shape index (κ2) is 6.36. The lowest BCUT2D eigenvalue weighted by Gasteiger charge is -2.26. The van der Waals surface area contributed by atoms with Crippen LogP contribution in [0.5, 0.6) is 0 Å². The van der Waals surface area contributed by atoms with Crippen LogP contribution < -0.4 is 5.32 Å². The predicted octanol–water partition coefficient (Wildman–Crippen LogP) is 2.97. The van der Waals surface area contributed by atoms with E-state index in [2.05, 4.69) is 27.9 Å². The molecule has 4 nitrogen and oxygen atoms in total. The van der Waals surface area contributed by atoms with Gasteiger partial charge in [-0.2, -0.15) is 0 Å². The minimum atomic E-state index is -0.854. The van der Waals surface area contributed by atoms with E-state index < -0.39 is 11.5 Å². The Morgan fingerprint density at radius 3 is 2.58 bits per heavy atom. The number of nitrogens with one attached hydrogen (secondary N) is 1. The fourth-order valence-corrected chi connectivity index (χ4v) is 2.25. The van der Waals surface area contributed by atoms with Gasteiger partial charge in [0, 0.05) is 15.5 Å². The van der Waals surface area contributed by atoms with Gasteiger partial charge < -0.3 is 10.4 Å². The summed E-state index contributed by atoms with van der Waals surface area (Å²) >= 11 is 2.12. The van der Waals surface area contributed by atoms with Gasteiger partial charge in [0.25, 0.3) is 5.91 Å². The SMILES string of the molecule is Cc1ccc(I)c(C(=O)NC(C)(C)CCC(=O)O)c1. The van der Waals surface area contributed by atoms with Crippen molar-refractivity contribution in [2.24, 2.45) is 0 Å². The smallest absolute Gasteiger partial charge is 0.303 e. The summed E-state index contributed by atoms with van der Waals surface area (Å²) in [6.45, 7) is 5.59. The van der Waals surface area contributed by atoms with Crippen LogP contribution in [0.25, 0.3) is 0 Å². The van der Waals surface area contributed by atoms with E-state index in [1.807, 2.05) is 39.0 Å². The summed E-state index contributed by atoms with van der Waals surface area (Å²) in [7, 11) is 0.